The van der Waals surface area contributed by atoms with Gasteiger partial charge < -0.3 is 20.7 Å². The van der Waals surface area contributed by atoms with Gasteiger partial charge in [-0.25, -0.2) is 4.39 Å². The highest BCUT2D eigenvalue weighted by atomic mass is 19.1. The van der Waals surface area contributed by atoms with Crippen LogP contribution in [0.1, 0.15) is 40.0 Å². The first-order valence-corrected chi connectivity index (χ1v) is 11.1. The van der Waals surface area contributed by atoms with Gasteiger partial charge in [0.1, 0.15) is 12.4 Å². The molecule has 1 aromatic carbocycles. The zero-order valence-electron chi connectivity index (χ0n) is 19.0. The predicted octanol–water partition coefficient (Wildman–Crippen LogP) is 2.13. The van der Waals surface area contributed by atoms with E-state index in [4.69, 9.17) is 10.5 Å². The average molecular weight is 449 g/mol. The van der Waals surface area contributed by atoms with Gasteiger partial charge in [-0.1, -0.05) is 27.2 Å². The monoisotopic (exact) mass is 448 g/mol. The van der Waals surface area contributed by atoms with Crippen molar-refractivity contribution in [1.29, 1.82) is 0 Å². The number of carbonyl (C=O) groups excluding carboxylic acids is 3. The number of anilines is 2. The van der Waals surface area contributed by atoms with Gasteiger partial charge in [-0.05, 0) is 42.4 Å². The molecule has 32 heavy (non-hydrogen) atoms. The maximum Gasteiger partial charge on any atom is 0.253 e. The Balaban J connectivity index is 1.76. The van der Waals surface area contributed by atoms with Gasteiger partial charge in [0, 0.05) is 25.3 Å². The minimum absolute atomic E-state index is 0.0944. The van der Waals surface area contributed by atoms with E-state index in [0.29, 0.717) is 25.6 Å². The number of morpholine rings is 1. The molecule has 0 spiro atoms. The number of nitrogens with two attached hydrogens (primary N) is 1. The number of hydrogen-bond acceptors (Lipinski definition) is 5. The second-order valence-electron chi connectivity index (χ2n) is 9.85. The number of carbonyl (C=O) groups is 3. The number of ether oxygens (including phenoxy) is 1. The van der Waals surface area contributed by atoms with E-state index in [0.717, 1.165) is 25.3 Å². The molecule has 1 aromatic rings. The summed E-state index contributed by atoms with van der Waals surface area (Å²) in [4.78, 5) is 40.5. The van der Waals surface area contributed by atoms with E-state index in [-0.39, 0.29) is 35.8 Å². The molecule has 1 saturated carbocycles. The highest BCUT2D eigenvalue weighted by Gasteiger charge is 2.36. The molecule has 0 bridgehead atoms. The number of benzene rings is 1. The molecule has 0 aromatic heterocycles. The molecule has 1 heterocycles. The molecule has 1 saturated heterocycles. The molecule has 0 radical (unpaired) electrons. The van der Waals surface area contributed by atoms with Gasteiger partial charge in [-0.2, -0.15) is 0 Å². The molecule has 2 fully saturated rings. The Morgan fingerprint density at radius 3 is 2.59 bits per heavy atom. The van der Waals surface area contributed by atoms with Crippen molar-refractivity contribution in [1.82, 2.24) is 4.90 Å². The third kappa shape index (κ3) is 6.04. The second-order valence-corrected chi connectivity index (χ2v) is 9.85. The van der Waals surface area contributed by atoms with Crippen LogP contribution in [0.4, 0.5) is 15.8 Å². The first-order chi connectivity index (χ1) is 15.0. The molecule has 3 amide bonds. The summed E-state index contributed by atoms with van der Waals surface area (Å²) in [7, 11) is 0. The molecule has 8 nitrogen and oxygen atoms in total. The summed E-state index contributed by atoms with van der Waals surface area (Å²) in [6.07, 6.45) is 3.29. The molecule has 2 aliphatic rings. The Labute approximate surface area is 188 Å². The topological polar surface area (TPSA) is 105 Å². The number of halogens is 1. The van der Waals surface area contributed by atoms with Crippen LogP contribution in [0.5, 0.6) is 0 Å². The lowest BCUT2D eigenvalue weighted by Crippen LogP contribution is -2.55. The Morgan fingerprint density at radius 1 is 1.34 bits per heavy atom. The molecular weight excluding hydrogens is 415 g/mol. The highest BCUT2D eigenvalue weighted by molar-refractivity contribution is 6.09. The summed E-state index contributed by atoms with van der Waals surface area (Å²) in [5.74, 6) is -1.85. The van der Waals surface area contributed by atoms with Gasteiger partial charge in [0.25, 0.3) is 11.8 Å². The van der Waals surface area contributed by atoms with Crippen molar-refractivity contribution in [3.63, 3.8) is 0 Å². The maximum absolute atomic E-state index is 14.7. The van der Waals surface area contributed by atoms with Crippen LogP contribution in [-0.2, 0) is 19.1 Å². The number of primary amides is 1. The van der Waals surface area contributed by atoms with Crippen LogP contribution >= 0.6 is 0 Å². The van der Waals surface area contributed by atoms with E-state index >= 15 is 0 Å². The molecule has 176 valence electrons. The predicted molar refractivity (Wildman–Crippen MR) is 120 cm³/mol. The number of hydrogen-bond donors (Lipinski definition) is 2. The van der Waals surface area contributed by atoms with E-state index < -0.39 is 23.7 Å². The fourth-order valence-electron chi connectivity index (χ4n) is 4.14. The van der Waals surface area contributed by atoms with Crippen LogP contribution in [0.15, 0.2) is 18.2 Å². The van der Waals surface area contributed by atoms with Crippen molar-refractivity contribution in [2.75, 3.05) is 43.1 Å². The lowest BCUT2D eigenvalue weighted by molar-refractivity contribution is -0.133. The van der Waals surface area contributed by atoms with E-state index in [1.54, 1.807) is 0 Å². The summed E-state index contributed by atoms with van der Waals surface area (Å²) in [5, 5.41) is 2.63. The second kappa shape index (κ2) is 9.95. The fraction of sp³-hybridized carbons (Fsp3) is 0.609. The maximum atomic E-state index is 14.7. The zero-order chi connectivity index (χ0) is 23.5. The molecule has 1 aliphatic heterocycles. The number of nitrogens with one attached hydrogen (secondary N) is 1. The van der Waals surface area contributed by atoms with Crippen LogP contribution in [-0.4, -0.2) is 61.5 Å². The van der Waals surface area contributed by atoms with Gasteiger partial charge in [0.05, 0.1) is 12.3 Å². The minimum Gasteiger partial charge on any atom is -0.370 e. The summed E-state index contributed by atoms with van der Waals surface area (Å²) in [6, 6.07) is 2.94. The summed E-state index contributed by atoms with van der Waals surface area (Å²) in [6.45, 7) is 7.75. The summed E-state index contributed by atoms with van der Waals surface area (Å²) < 4.78 is 19.8. The molecule has 9 heteroatoms. The van der Waals surface area contributed by atoms with Gasteiger partial charge in [0.15, 0.2) is 6.04 Å². The Hall–Kier alpha value is -2.52. The quantitative estimate of drug-likeness (QED) is 0.593. The average Bonchev–Trinajstić information content (AvgIpc) is 2.64. The molecule has 0 unspecified atom stereocenters. The van der Waals surface area contributed by atoms with Crippen molar-refractivity contribution >= 4 is 29.1 Å². The first-order valence-electron chi connectivity index (χ1n) is 11.1. The molecular formula is C23H33FN4O4. The summed E-state index contributed by atoms with van der Waals surface area (Å²) in [5.41, 5.74) is 5.82. The van der Waals surface area contributed by atoms with Crippen LogP contribution in [0.2, 0.25) is 0 Å². The minimum atomic E-state index is -1.15. The van der Waals surface area contributed by atoms with Crippen LogP contribution in [0.25, 0.3) is 0 Å². The van der Waals surface area contributed by atoms with Crippen molar-refractivity contribution in [2.24, 2.45) is 17.1 Å². The standard InChI is InChI=1S/C23H33FN4O4/c1-23(2,3)14-27(12-15-5-4-6-15)20(21(25)30)22(31)26-16-7-8-18(17(24)11-16)28-9-10-32-13-19(28)29/h7-8,11,15,20H,4-6,9-10,12-14H2,1-3H3,(H2,25,30)(H,26,31)/t20-/m0/s1. The first kappa shape index (κ1) is 24.1. The van der Waals surface area contributed by atoms with Gasteiger partial charge >= 0.3 is 0 Å². The van der Waals surface area contributed by atoms with E-state index in [2.05, 4.69) is 5.32 Å². The van der Waals surface area contributed by atoms with Gasteiger partial charge in [0.2, 0.25) is 5.91 Å². The van der Waals surface area contributed by atoms with Crippen LogP contribution in [0, 0.1) is 17.2 Å². The Kier molecular flexibility index (Phi) is 7.51. The molecule has 1 aliphatic carbocycles. The Morgan fingerprint density at radius 2 is 2.06 bits per heavy atom. The normalized spacial score (nSPS) is 18.4. The lowest BCUT2D eigenvalue weighted by Gasteiger charge is -2.38. The van der Waals surface area contributed by atoms with E-state index in [9.17, 15) is 18.8 Å². The SMILES string of the molecule is CC(C)(C)CN(CC1CCC1)[C@@H](C(N)=O)C(=O)Nc1ccc(N2CCOCC2=O)c(F)c1. The number of rotatable bonds is 8. The highest BCUT2D eigenvalue weighted by Crippen LogP contribution is 2.30. The smallest absolute Gasteiger partial charge is 0.253 e. The molecule has 1 atom stereocenters. The van der Waals surface area contributed by atoms with Crippen LogP contribution < -0.4 is 16.0 Å². The van der Waals surface area contributed by atoms with Crippen molar-refractivity contribution in [2.45, 2.75) is 46.1 Å². The van der Waals surface area contributed by atoms with E-state index in [1.807, 2.05) is 25.7 Å². The third-order valence-corrected chi connectivity index (χ3v) is 5.77. The van der Waals surface area contributed by atoms with Crippen molar-refractivity contribution < 1.29 is 23.5 Å². The lowest BCUT2D eigenvalue weighted by atomic mass is 9.84. The fourth-order valence-corrected chi connectivity index (χ4v) is 4.14. The van der Waals surface area contributed by atoms with Crippen LogP contribution in [0.3, 0.4) is 0 Å². The zero-order valence-corrected chi connectivity index (χ0v) is 19.0. The largest absolute Gasteiger partial charge is 0.370 e. The van der Waals surface area contributed by atoms with Gasteiger partial charge in [-0.3, -0.25) is 19.3 Å². The van der Waals surface area contributed by atoms with Gasteiger partial charge in [-0.15, -0.1) is 0 Å². The third-order valence-electron chi connectivity index (χ3n) is 5.77. The summed E-state index contributed by atoms with van der Waals surface area (Å²) >= 11 is 0. The molecule has 3 N–H and O–H groups in total. The number of amides is 3. The van der Waals surface area contributed by atoms with Crippen molar-refractivity contribution in [3.05, 3.63) is 24.0 Å². The number of nitrogens with zero attached hydrogens (tertiary/aromatic N) is 2. The Bertz CT molecular complexity index is 866. The van der Waals surface area contributed by atoms with Crippen molar-refractivity contribution in [3.8, 4) is 0 Å². The molecule has 3 rings (SSSR count). The van der Waals surface area contributed by atoms with E-state index in [1.165, 1.54) is 17.0 Å².